The number of esters is 5. The molecule has 0 atom stereocenters. The van der Waals surface area contributed by atoms with Crippen LogP contribution < -0.4 is 0 Å². The fourth-order valence-electron chi connectivity index (χ4n) is 2.23. The Labute approximate surface area is 314 Å². The zero-order chi connectivity index (χ0) is 42.3. The number of carboxylic acid groups (broad SMARTS) is 2. The lowest BCUT2D eigenvalue weighted by Gasteiger charge is -2.16. The quantitative estimate of drug-likeness (QED) is 0.0948. The Balaban J connectivity index is -0.000000213. The van der Waals surface area contributed by atoms with Crippen molar-refractivity contribution in [3.05, 3.63) is 0 Å². The van der Waals surface area contributed by atoms with Crippen molar-refractivity contribution in [2.24, 2.45) is 16.2 Å². The smallest absolute Gasteiger partial charge is 0.314 e. The van der Waals surface area contributed by atoms with E-state index >= 15 is 0 Å². The van der Waals surface area contributed by atoms with E-state index in [0.29, 0.717) is 0 Å². The van der Waals surface area contributed by atoms with Gasteiger partial charge in [-0.2, -0.15) is 0 Å². The van der Waals surface area contributed by atoms with Crippen molar-refractivity contribution in [2.75, 3.05) is 39.3 Å². The fourth-order valence-corrected chi connectivity index (χ4v) is 2.33. The number of carbonyl (C=O) groups is 8. The van der Waals surface area contributed by atoms with E-state index in [4.69, 9.17) is 31.3 Å². The maximum atomic E-state index is 11.4. The number of ether oxygens (including phenoxy) is 5. The maximum absolute atomic E-state index is 11.4. The Morgan fingerprint density at radius 3 is 0.904 bits per heavy atom. The third-order valence-corrected chi connectivity index (χ3v) is 5.38. The number of aliphatic carboxylic acids is 2. The Hall–Kier alpha value is -3.79. The molecule has 16 nitrogen and oxygen atoms in total. The molecular formula is C35H64ClNO15. The first-order valence-electron chi connectivity index (χ1n) is 16.5. The first kappa shape index (κ1) is 57.5. The summed E-state index contributed by atoms with van der Waals surface area (Å²) in [5.41, 5.74) is -1.82. The number of carboxylic acids is 2. The van der Waals surface area contributed by atoms with E-state index < -0.39 is 65.6 Å². The van der Waals surface area contributed by atoms with Crippen LogP contribution in [-0.4, -0.2) is 102 Å². The Morgan fingerprint density at radius 1 is 0.500 bits per heavy atom. The van der Waals surface area contributed by atoms with E-state index in [-0.39, 0.29) is 43.5 Å². The molecule has 0 saturated heterocycles. The van der Waals surface area contributed by atoms with Gasteiger partial charge in [0.1, 0.15) is 5.78 Å². The largest absolute Gasteiger partial charge is 0.481 e. The second-order valence-electron chi connectivity index (χ2n) is 13.7. The third kappa shape index (κ3) is 46.2. The number of ketones is 1. The topological polar surface area (TPSA) is 226 Å². The average molecular weight is 774 g/mol. The number of hydrogen-bond donors (Lipinski definition) is 2. The van der Waals surface area contributed by atoms with Gasteiger partial charge in [-0.25, -0.2) is 0 Å². The minimum Gasteiger partial charge on any atom is -0.481 e. The molecule has 0 radical (unpaired) electrons. The predicted molar refractivity (Wildman–Crippen MR) is 193 cm³/mol. The van der Waals surface area contributed by atoms with Crippen molar-refractivity contribution < 1.29 is 72.3 Å². The first-order chi connectivity index (χ1) is 23.5. The number of carbonyl (C=O) groups excluding carboxylic acids is 6. The van der Waals surface area contributed by atoms with Gasteiger partial charge in [0.05, 0.1) is 41.9 Å². The van der Waals surface area contributed by atoms with Crippen molar-refractivity contribution in [1.82, 2.24) is 4.90 Å². The molecule has 2 N–H and O–H groups in total. The Bertz CT molecular complexity index is 1000. The highest BCUT2D eigenvalue weighted by Gasteiger charge is 2.25. The summed E-state index contributed by atoms with van der Waals surface area (Å²) in [6.07, 6.45) is -1.07. The number of nitrogens with zero attached hydrogens (tertiary/aromatic N) is 1. The van der Waals surface area contributed by atoms with E-state index in [1.807, 2.05) is 0 Å². The minimum absolute atomic E-state index is 0.0594. The van der Waals surface area contributed by atoms with E-state index in [1.165, 1.54) is 33.5 Å². The van der Waals surface area contributed by atoms with Gasteiger partial charge in [0.15, 0.2) is 6.07 Å². The van der Waals surface area contributed by atoms with Gasteiger partial charge in [-0.3, -0.25) is 33.6 Å². The molecule has 0 saturated carbocycles. The van der Waals surface area contributed by atoms with Crippen LogP contribution in [-0.2, 0) is 62.0 Å². The molecule has 0 spiro atoms. The number of alkyl halides is 1. The second kappa shape index (κ2) is 31.9. The van der Waals surface area contributed by atoms with Gasteiger partial charge in [-0.15, -0.1) is 0 Å². The summed E-state index contributed by atoms with van der Waals surface area (Å²) in [4.78, 5) is 87.5. The van der Waals surface area contributed by atoms with Crippen LogP contribution in [0.2, 0.25) is 0 Å². The predicted octanol–water partition coefficient (Wildman–Crippen LogP) is 5.60. The average Bonchev–Trinajstić information content (AvgIpc) is 2.99. The van der Waals surface area contributed by atoms with Gasteiger partial charge in [-0.1, -0.05) is 32.4 Å². The molecular weight excluding hydrogens is 710 g/mol. The van der Waals surface area contributed by atoms with Crippen LogP contribution in [0, 0.1) is 16.2 Å². The van der Waals surface area contributed by atoms with Gasteiger partial charge in [0, 0.05) is 0 Å². The highest BCUT2D eigenvalue weighted by Crippen LogP contribution is 2.16. The molecule has 0 aromatic rings. The van der Waals surface area contributed by atoms with Gasteiger partial charge in [0.25, 0.3) is 0 Å². The van der Waals surface area contributed by atoms with Crippen molar-refractivity contribution in [3.8, 4) is 0 Å². The number of Topliss-reactive ketones (excluding diaryl/α,β-unsaturated/α-hetero) is 1. The highest BCUT2D eigenvalue weighted by molar-refractivity contribution is 6.17. The van der Waals surface area contributed by atoms with Gasteiger partial charge < -0.3 is 43.6 Å². The molecule has 0 bridgehead atoms. The van der Waals surface area contributed by atoms with Crippen molar-refractivity contribution >= 4 is 59.2 Å². The lowest BCUT2D eigenvalue weighted by molar-refractivity contribution is -0.177. The van der Waals surface area contributed by atoms with Gasteiger partial charge >= 0.3 is 41.8 Å². The van der Waals surface area contributed by atoms with E-state index in [9.17, 15) is 38.4 Å². The molecule has 0 aliphatic carbocycles. The molecule has 0 aliphatic heterocycles. The summed E-state index contributed by atoms with van der Waals surface area (Å²) in [6, 6.07) is -0.0594. The molecule has 0 amide bonds. The van der Waals surface area contributed by atoms with Crippen molar-refractivity contribution in [3.63, 3.8) is 0 Å². The minimum atomic E-state index is -1.08. The van der Waals surface area contributed by atoms with Gasteiger partial charge in [0.2, 0.25) is 13.6 Å². The molecule has 17 heteroatoms. The third-order valence-electron chi connectivity index (χ3n) is 5.27. The summed E-state index contributed by atoms with van der Waals surface area (Å²) in [6.45, 7) is 27.5. The molecule has 0 aromatic heterocycles. The molecule has 0 rings (SSSR count). The van der Waals surface area contributed by atoms with Crippen molar-refractivity contribution in [2.45, 2.75) is 123 Å². The van der Waals surface area contributed by atoms with Crippen molar-refractivity contribution in [1.29, 1.82) is 0 Å². The standard InChI is InChI=1S/C16H26O8.C6H11ClO2.C6H15N.C4H6O4.C3H6O/c1-15(2,3)13(19)23-9-21-11(17)7-8-12(18)22-10-24-14(20)16(4,5)6;1-6(2,3)5(8)9-4-7;1-4-7(5-2)6-3;5-3(6)1-2-4(7)8;1-3(2)4/h7-10H2,1-6H3;4H2,1-3H3;4-6H2,1-3H3;1-2H2,(H,5,6)(H,7,8);1-2H3. The second-order valence-corrected chi connectivity index (χ2v) is 14.0. The summed E-state index contributed by atoms with van der Waals surface area (Å²) in [7, 11) is 0. The number of rotatable bonds is 14. The van der Waals surface area contributed by atoms with Crippen LogP contribution in [0.25, 0.3) is 0 Å². The molecule has 0 aromatic carbocycles. The number of hydrogen-bond acceptors (Lipinski definition) is 14. The van der Waals surface area contributed by atoms with Crippen LogP contribution >= 0.6 is 11.6 Å². The SMILES string of the molecule is CC(C)(C)C(=O)OCCl.CC(C)(C)C(=O)OCOC(=O)CCC(=O)OCOC(=O)C(C)(C)C.CC(C)=O.CCN(CC)CC.O=C(O)CCC(=O)O. The summed E-state index contributed by atoms with van der Waals surface area (Å²) in [5, 5.41) is 15.8. The zero-order valence-electron chi connectivity index (χ0n) is 33.6. The van der Waals surface area contributed by atoms with E-state index in [0.717, 1.165) is 0 Å². The number of halogens is 1. The lowest BCUT2D eigenvalue weighted by atomic mass is 9.97. The Morgan fingerprint density at radius 2 is 0.750 bits per heavy atom. The lowest BCUT2D eigenvalue weighted by Crippen LogP contribution is -2.25. The summed E-state index contributed by atoms with van der Waals surface area (Å²) < 4.78 is 23.4. The van der Waals surface area contributed by atoms with Crippen LogP contribution in [0.1, 0.15) is 123 Å². The van der Waals surface area contributed by atoms with Crippen LogP contribution in [0.4, 0.5) is 0 Å². The molecule has 52 heavy (non-hydrogen) atoms. The molecule has 0 aliphatic rings. The van der Waals surface area contributed by atoms with E-state index in [1.54, 1.807) is 62.3 Å². The normalized spacial score (nSPS) is 10.4. The Kier molecular flexibility index (Phi) is 35.3. The van der Waals surface area contributed by atoms with Crippen LogP contribution in [0.3, 0.4) is 0 Å². The molecule has 0 fully saturated rings. The molecule has 0 unspecified atom stereocenters. The summed E-state index contributed by atoms with van der Waals surface area (Å²) in [5.74, 6) is -4.68. The fraction of sp³-hybridized carbons (Fsp3) is 0.771. The van der Waals surface area contributed by atoms with E-state index in [2.05, 4.69) is 39.9 Å². The molecule has 0 heterocycles. The highest BCUT2D eigenvalue weighted by atomic mass is 35.5. The molecule has 306 valence electrons. The van der Waals surface area contributed by atoms with Gasteiger partial charge in [-0.05, 0) is 95.8 Å². The summed E-state index contributed by atoms with van der Waals surface area (Å²) >= 11 is 5.16. The van der Waals surface area contributed by atoms with Crippen LogP contribution in [0.15, 0.2) is 0 Å². The first-order valence-corrected chi connectivity index (χ1v) is 17.1. The van der Waals surface area contributed by atoms with Crippen LogP contribution in [0.5, 0.6) is 0 Å². The zero-order valence-corrected chi connectivity index (χ0v) is 34.4. The monoisotopic (exact) mass is 773 g/mol. The maximum Gasteiger partial charge on any atom is 0.314 e.